The van der Waals surface area contributed by atoms with Gasteiger partial charge in [-0.2, -0.15) is 0 Å². The highest BCUT2D eigenvalue weighted by Crippen LogP contribution is 2.23. The van der Waals surface area contributed by atoms with Crippen molar-refractivity contribution in [1.29, 1.82) is 0 Å². The minimum Gasteiger partial charge on any atom is -0.427 e. The average molecular weight is 408 g/mol. The Morgan fingerprint density at radius 1 is 1.07 bits per heavy atom. The van der Waals surface area contributed by atoms with Crippen LogP contribution >= 0.6 is 11.6 Å². The topological polar surface area (TPSA) is 89.5 Å². The number of hydrogen-bond donors (Lipinski definition) is 1. The Balaban J connectivity index is 1.54. The third kappa shape index (κ3) is 5.55. The number of halogens is 1. The Morgan fingerprint density at radius 3 is 2.33 bits per heavy atom. The Kier molecular flexibility index (Phi) is 5.82. The van der Waals surface area contributed by atoms with Crippen molar-refractivity contribution < 1.29 is 22.7 Å². The van der Waals surface area contributed by atoms with Crippen LogP contribution in [0, 0.1) is 5.92 Å². The Hall–Kier alpha value is -2.38. The molecule has 8 heteroatoms. The quantitative estimate of drug-likeness (QED) is 0.606. The van der Waals surface area contributed by atoms with Gasteiger partial charge >= 0.3 is 5.97 Å². The molecule has 27 heavy (non-hydrogen) atoms. The van der Waals surface area contributed by atoms with E-state index in [-0.39, 0.29) is 29.8 Å². The fourth-order valence-corrected chi connectivity index (χ4v) is 4.84. The lowest BCUT2D eigenvalue weighted by Crippen LogP contribution is -2.15. The number of benzene rings is 2. The molecule has 0 saturated carbocycles. The van der Waals surface area contributed by atoms with E-state index in [1.807, 2.05) is 0 Å². The summed E-state index contributed by atoms with van der Waals surface area (Å²) in [6.07, 6.45) is 0.555. The predicted molar refractivity (Wildman–Crippen MR) is 103 cm³/mol. The summed E-state index contributed by atoms with van der Waals surface area (Å²) >= 11 is 5.81. The van der Waals surface area contributed by atoms with E-state index >= 15 is 0 Å². The second-order valence-electron chi connectivity index (χ2n) is 6.43. The molecular weight excluding hydrogens is 390 g/mol. The number of ether oxygens (including phenoxy) is 1. The molecule has 2 aromatic carbocycles. The second kappa shape index (κ2) is 8.10. The van der Waals surface area contributed by atoms with E-state index < -0.39 is 15.8 Å². The van der Waals surface area contributed by atoms with E-state index in [2.05, 4.69) is 5.32 Å². The first-order valence-corrected chi connectivity index (χ1v) is 10.6. The number of esters is 1. The number of carbonyl (C=O) groups is 2. The van der Waals surface area contributed by atoms with Crippen molar-refractivity contribution in [2.24, 2.45) is 5.92 Å². The average Bonchev–Trinajstić information content (AvgIpc) is 2.96. The lowest BCUT2D eigenvalue weighted by atomic mass is 10.1. The number of sulfone groups is 1. The zero-order chi connectivity index (χ0) is 19.4. The van der Waals surface area contributed by atoms with Crippen molar-refractivity contribution in [1.82, 2.24) is 0 Å². The van der Waals surface area contributed by atoms with Crippen LogP contribution in [-0.2, 0) is 14.6 Å². The van der Waals surface area contributed by atoms with Crippen molar-refractivity contribution >= 4 is 39.0 Å². The molecule has 0 radical (unpaired) electrons. The highest BCUT2D eigenvalue weighted by Gasteiger charge is 2.30. The Bertz CT molecular complexity index is 939. The summed E-state index contributed by atoms with van der Waals surface area (Å²) in [4.78, 5) is 24.2. The van der Waals surface area contributed by atoms with Crippen LogP contribution in [-0.4, -0.2) is 31.8 Å². The van der Waals surface area contributed by atoms with Gasteiger partial charge in [0, 0.05) is 22.7 Å². The van der Waals surface area contributed by atoms with Crippen LogP contribution in [0.15, 0.2) is 48.5 Å². The fraction of sp³-hybridized carbons (Fsp3) is 0.263. The SMILES string of the molecule is O=C(C[C@H]1CCS(=O)(=O)C1)Oc1ccc(C(=O)Nc2ccc(Cl)cc2)cc1. The van der Waals surface area contributed by atoms with Crippen molar-refractivity contribution in [2.75, 3.05) is 16.8 Å². The maximum absolute atomic E-state index is 12.2. The molecule has 1 saturated heterocycles. The van der Waals surface area contributed by atoms with Crippen LogP contribution in [0.5, 0.6) is 5.75 Å². The first kappa shape index (κ1) is 19.4. The van der Waals surface area contributed by atoms with E-state index in [1.54, 1.807) is 36.4 Å². The standard InChI is InChI=1S/C19H18ClNO5S/c20-15-3-5-16(6-4-15)21-19(23)14-1-7-17(8-2-14)26-18(22)11-13-9-10-27(24,25)12-13/h1-8,13H,9-12H2,(H,21,23)/t13-/m1/s1. The highest BCUT2D eigenvalue weighted by atomic mass is 35.5. The van der Waals surface area contributed by atoms with Crippen LogP contribution in [0.2, 0.25) is 5.02 Å². The molecule has 1 N–H and O–H groups in total. The maximum Gasteiger partial charge on any atom is 0.311 e. The maximum atomic E-state index is 12.2. The van der Waals surface area contributed by atoms with Crippen LogP contribution < -0.4 is 10.1 Å². The number of hydrogen-bond acceptors (Lipinski definition) is 5. The summed E-state index contributed by atoms with van der Waals surface area (Å²) in [6.45, 7) is 0. The molecule has 0 unspecified atom stereocenters. The van der Waals surface area contributed by atoms with Gasteiger partial charge in [-0.15, -0.1) is 0 Å². The smallest absolute Gasteiger partial charge is 0.311 e. The number of amides is 1. The molecule has 1 atom stereocenters. The third-order valence-electron chi connectivity index (χ3n) is 4.23. The van der Waals surface area contributed by atoms with Gasteiger partial charge in [-0.1, -0.05) is 11.6 Å². The lowest BCUT2D eigenvalue weighted by molar-refractivity contribution is -0.135. The lowest BCUT2D eigenvalue weighted by Gasteiger charge is -2.09. The fourth-order valence-electron chi connectivity index (χ4n) is 2.85. The summed E-state index contributed by atoms with van der Waals surface area (Å²) in [5, 5.41) is 3.32. The van der Waals surface area contributed by atoms with Gasteiger partial charge in [-0.25, -0.2) is 8.42 Å². The van der Waals surface area contributed by atoms with Crippen molar-refractivity contribution in [3.05, 3.63) is 59.1 Å². The van der Waals surface area contributed by atoms with E-state index in [4.69, 9.17) is 16.3 Å². The molecule has 1 aliphatic rings. The molecule has 0 spiro atoms. The molecule has 0 aliphatic carbocycles. The van der Waals surface area contributed by atoms with Gasteiger partial charge < -0.3 is 10.1 Å². The van der Waals surface area contributed by atoms with Gasteiger partial charge in [0.1, 0.15) is 5.75 Å². The molecule has 142 valence electrons. The number of anilines is 1. The predicted octanol–water partition coefficient (Wildman–Crippen LogP) is 3.32. The van der Waals surface area contributed by atoms with E-state index in [0.717, 1.165) is 0 Å². The zero-order valence-electron chi connectivity index (χ0n) is 14.4. The van der Waals surface area contributed by atoms with Crippen LogP contribution in [0.3, 0.4) is 0 Å². The Labute approximate surface area is 162 Å². The number of rotatable bonds is 5. The molecule has 0 aromatic heterocycles. The van der Waals surface area contributed by atoms with Crippen molar-refractivity contribution in [3.63, 3.8) is 0 Å². The molecule has 1 amide bonds. The molecule has 0 bridgehead atoms. The van der Waals surface area contributed by atoms with E-state index in [1.165, 1.54) is 12.1 Å². The van der Waals surface area contributed by atoms with Crippen LogP contribution in [0.4, 0.5) is 5.69 Å². The normalized spacial score (nSPS) is 18.0. The highest BCUT2D eigenvalue weighted by molar-refractivity contribution is 7.91. The van der Waals surface area contributed by atoms with Gasteiger partial charge in [0.25, 0.3) is 5.91 Å². The van der Waals surface area contributed by atoms with Crippen molar-refractivity contribution in [2.45, 2.75) is 12.8 Å². The largest absolute Gasteiger partial charge is 0.427 e. The number of nitrogens with one attached hydrogen (secondary N) is 1. The second-order valence-corrected chi connectivity index (χ2v) is 9.10. The van der Waals surface area contributed by atoms with Gasteiger partial charge in [-0.3, -0.25) is 9.59 Å². The molecule has 1 fully saturated rings. The monoisotopic (exact) mass is 407 g/mol. The van der Waals surface area contributed by atoms with Gasteiger partial charge in [0.2, 0.25) is 0 Å². The first-order chi connectivity index (χ1) is 12.8. The molecule has 3 rings (SSSR count). The molecule has 2 aromatic rings. The number of carbonyl (C=O) groups excluding carboxylic acids is 2. The van der Waals surface area contributed by atoms with E-state index in [9.17, 15) is 18.0 Å². The summed E-state index contributed by atoms with van der Waals surface area (Å²) in [5.41, 5.74) is 1.03. The minimum atomic E-state index is -3.02. The van der Waals surface area contributed by atoms with E-state index in [0.29, 0.717) is 28.4 Å². The van der Waals surface area contributed by atoms with Crippen molar-refractivity contribution in [3.8, 4) is 5.75 Å². The first-order valence-electron chi connectivity index (χ1n) is 8.39. The summed E-state index contributed by atoms with van der Waals surface area (Å²) in [5.74, 6) is -0.494. The molecular formula is C19H18ClNO5S. The van der Waals surface area contributed by atoms with Gasteiger partial charge in [0.15, 0.2) is 9.84 Å². The van der Waals surface area contributed by atoms with Crippen LogP contribution in [0.1, 0.15) is 23.2 Å². The molecule has 1 aliphatic heterocycles. The molecule has 1 heterocycles. The summed E-state index contributed by atoms with van der Waals surface area (Å²) in [6, 6.07) is 12.9. The van der Waals surface area contributed by atoms with Crippen LogP contribution in [0.25, 0.3) is 0 Å². The summed E-state index contributed by atoms with van der Waals surface area (Å²) < 4.78 is 28.1. The third-order valence-corrected chi connectivity index (χ3v) is 6.32. The summed E-state index contributed by atoms with van der Waals surface area (Å²) in [7, 11) is -3.02. The molecule has 6 nitrogen and oxygen atoms in total. The van der Waals surface area contributed by atoms with Gasteiger partial charge in [-0.05, 0) is 60.9 Å². The Morgan fingerprint density at radius 2 is 1.74 bits per heavy atom. The van der Waals surface area contributed by atoms with Gasteiger partial charge in [0.05, 0.1) is 11.5 Å². The zero-order valence-corrected chi connectivity index (χ0v) is 15.9. The minimum absolute atomic E-state index is 0.0336.